The number of anilines is 1. The maximum absolute atomic E-state index is 10.00. The maximum atomic E-state index is 10.00. The van der Waals surface area contributed by atoms with Crippen molar-refractivity contribution in [2.75, 3.05) is 12.3 Å². The minimum atomic E-state index is -1.37. The van der Waals surface area contributed by atoms with E-state index in [1.807, 2.05) is 0 Å². The van der Waals surface area contributed by atoms with E-state index in [2.05, 4.69) is 15.0 Å². The molecule has 0 aromatic carbocycles. The molecule has 0 spiro atoms. The smallest absolute Gasteiger partial charge is 0.199 e. The fourth-order valence-corrected chi connectivity index (χ4v) is 2.09. The van der Waals surface area contributed by atoms with Crippen LogP contribution in [0.15, 0.2) is 24.2 Å². The molecule has 1 aliphatic heterocycles. The number of nitrogens with two attached hydrogens (primary N) is 1. The highest BCUT2D eigenvalue weighted by Crippen LogP contribution is 2.39. The third-order valence-electron chi connectivity index (χ3n) is 3.29. The zero-order valence-electron chi connectivity index (χ0n) is 10.6. The van der Waals surface area contributed by atoms with Crippen molar-refractivity contribution in [3.63, 3.8) is 0 Å². The molecular weight excluding hydrogens is 266 g/mol. The van der Waals surface area contributed by atoms with Gasteiger partial charge in [0.2, 0.25) is 0 Å². The van der Waals surface area contributed by atoms with Crippen LogP contribution in [0.5, 0.6) is 0 Å². The van der Waals surface area contributed by atoms with E-state index in [-0.39, 0.29) is 5.82 Å². The average molecular weight is 279 g/mol. The lowest BCUT2D eigenvalue weighted by Crippen LogP contribution is -2.32. The Labute approximate surface area is 113 Å². The second-order valence-corrected chi connectivity index (χ2v) is 4.68. The molecule has 5 N–H and O–H groups in total. The first-order valence-corrected chi connectivity index (χ1v) is 5.82. The normalized spacial score (nSPS) is 26.6. The monoisotopic (exact) mass is 279 g/mol. The van der Waals surface area contributed by atoms with Crippen molar-refractivity contribution in [3.05, 3.63) is 24.2 Å². The molecule has 2 aromatic heterocycles. The lowest BCUT2D eigenvalue weighted by Gasteiger charge is -2.22. The molecular formula is C11H13N5O4. The molecule has 2 aromatic rings. The number of aromatic nitrogens is 4. The van der Waals surface area contributed by atoms with Gasteiger partial charge < -0.3 is 25.8 Å². The van der Waals surface area contributed by atoms with Gasteiger partial charge in [0.25, 0.3) is 0 Å². The Morgan fingerprint density at radius 2 is 2.15 bits per heavy atom. The fraction of sp³-hybridized carbons (Fsp3) is 0.364. The quantitative estimate of drug-likeness (QED) is 0.603. The third-order valence-corrected chi connectivity index (χ3v) is 3.29. The molecule has 0 amide bonds. The summed E-state index contributed by atoms with van der Waals surface area (Å²) >= 11 is 0. The summed E-state index contributed by atoms with van der Waals surface area (Å²) in [6, 6.07) is 0. The number of nitrogen functional groups attached to an aromatic ring is 1. The number of ether oxygens (including phenoxy) is 1. The number of aliphatic hydroxyl groups is 3. The number of fused-ring (bicyclic) bond motifs is 1. The van der Waals surface area contributed by atoms with Crippen molar-refractivity contribution in [1.29, 1.82) is 0 Å². The molecule has 106 valence electrons. The van der Waals surface area contributed by atoms with Crippen LogP contribution in [0.25, 0.3) is 11.2 Å². The number of hydrogen-bond donors (Lipinski definition) is 4. The highest BCUT2D eigenvalue weighted by atomic mass is 16.6. The molecule has 0 saturated carbocycles. The highest BCUT2D eigenvalue weighted by molar-refractivity contribution is 5.81. The van der Waals surface area contributed by atoms with Gasteiger partial charge in [-0.05, 0) is 6.92 Å². The lowest BCUT2D eigenvalue weighted by molar-refractivity contribution is -0.0953. The van der Waals surface area contributed by atoms with Gasteiger partial charge in [0.15, 0.2) is 34.8 Å². The summed E-state index contributed by atoms with van der Waals surface area (Å²) < 4.78 is 6.92. The van der Waals surface area contributed by atoms with Gasteiger partial charge in [-0.3, -0.25) is 4.57 Å². The Kier molecular flexibility index (Phi) is 2.56. The molecule has 3 heterocycles. The first-order chi connectivity index (χ1) is 9.48. The number of nitrogens with zero attached hydrogens (tertiary/aromatic N) is 4. The first-order valence-electron chi connectivity index (χ1n) is 5.82. The van der Waals surface area contributed by atoms with Gasteiger partial charge in [-0.25, -0.2) is 15.0 Å². The van der Waals surface area contributed by atoms with E-state index in [4.69, 9.17) is 10.5 Å². The van der Waals surface area contributed by atoms with Crippen molar-refractivity contribution in [2.24, 2.45) is 0 Å². The van der Waals surface area contributed by atoms with Crippen LogP contribution in [-0.4, -0.2) is 47.0 Å². The predicted molar refractivity (Wildman–Crippen MR) is 67.6 cm³/mol. The highest BCUT2D eigenvalue weighted by Gasteiger charge is 2.45. The third kappa shape index (κ3) is 1.53. The van der Waals surface area contributed by atoms with Crippen LogP contribution in [-0.2, 0) is 4.74 Å². The zero-order chi connectivity index (χ0) is 14.5. The van der Waals surface area contributed by atoms with E-state index in [9.17, 15) is 15.3 Å². The Morgan fingerprint density at radius 1 is 1.40 bits per heavy atom. The summed E-state index contributed by atoms with van der Waals surface area (Å²) in [6.45, 7) is 0.976. The molecule has 20 heavy (non-hydrogen) atoms. The molecule has 9 heteroatoms. The van der Waals surface area contributed by atoms with Gasteiger partial charge in [-0.2, -0.15) is 0 Å². The molecule has 3 rings (SSSR count). The zero-order valence-corrected chi connectivity index (χ0v) is 10.6. The molecule has 0 fully saturated rings. The molecule has 0 unspecified atom stereocenters. The van der Waals surface area contributed by atoms with Crippen LogP contribution in [0, 0.1) is 0 Å². The van der Waals surface area contributed by atoms with Gasteiger partial charge in [0, 0.05) is 0 Å². The van der Waals surface area contributed by atoms with E-state index >= 15 is 0 Å². The molecule has 0 saturated heterocycles. The van der Waals surface area contributed by atoms with E-state index < -0.39 is 30.0 Å². The Balaban J connectivity index is 2.12. The molecule has 0 bridgehead atoms. The van der Waals surface area contributed by atoms with E-state index in [0.29, 0.717) is 11.2 Å². The van der Waals surface area contributed by atoms with Crippen molar-refractivity contribution in [1.82, 2.24) is 19.5 Å². The molecule has 0 aliphatic carbocycles. The van der Waals surface area contributed by atoms with Gasteiger partial charge in [-0.15, -0.1) is 0 Å². The van der Waals surface area contributed by atoms with Crippen molar-refractivity contribution in [3.8, 4) is 0 Å². The standard InChI is InChI=1S/C11H13N5O4/c1-11(2-17)7(19)6(18)10(20-11)16-4-15-5-8(12)13-3-14-9(5)16/h3-4,10,17-19H,2H2,1H3,(H2,12,13,14)/t10-,11-/m1/s1. The Hall–Kier alpha value is -2.39. The number of aliphatic hydroxyl groups excluding tert-OH is 3. The average Bonchev–Trinajstić information content (AvgIpc) is 2.96. The van der Waals surface area contributed by atoms with Crippen molar-refractivity contribution < 1.29 is 20.1 Å². The SMILES string of the molecule is C[C@]1(CO)O[C@@H](n2cnc3c(N)ncnc32)C(O)=C1O. The summed E-state index contributed by atoms with van der Waals surface area (Å²) in [5.41, 5.74) is 5.02. The summed E-state index contributed by atoms with van der Waals surface area (Å²) in [6.07, 6.45) is 1.59. The molecule has 1 aliphatic rings. The van der Waals surface area contributed by atoms with Crippen LogP contribution in [0.1, 0.15) is 13.2 Å². The summed E-state index contributed by atoms with van der Waals surface area (Å²) in [5.74, 6) is -0.628. The summed E-state index contributed by atoms with van der Waals surface area (Å²) in [5, 5.41) is 29.1. The van der Waals surface area contributed by atoms with Gasteiger partial charge in [-0.1, -0.05) is 0 Å². The molecule has 9 nitrogen and oxygen atoms in total. The summed E-state index contributed by atoms with van der Waals surface area (Å²) in [4.78, 5) is 11.9. The van der Waals surface area contributed by atoms with Crippen LogP contribution < -0.4 is 5.73 Å². The lowest BCUT2D eigenvalue weighted by atomic mass is 10.1. The predicted octanol–water partition coefficient (Wildman–Crippen LogP) is 0.0159. The first kappa shape index (κ1) is 12.6. The Bertz CT molecular complexity index is 712. The maximum Gasteiger partial charge on any atom is 0.199 e. The Morgan fingerprint density at radius 3 is 2.80 bits per heavy atom. The minimum absolute atomic E-state index is 0.198. The number of imidazole rings is 1. The molecule has 0 radical (unpaired) electrons. The number of hydrogen-bond acceptors (Lipinski definition) is 8. The second-order valence-electron chi connectivity index (χ2n) is 4.68. The van der Waals surface area contributed by atoms with Crippen LogP contribution >= 0.6 is 0 Å². The topological polar surface area (TPSA) is 140 Å². The minimum Gasteiger partial charge on any atom is -0.506 e. The number of rotatable bonds is 2. The van der Waals surface area contributed by atoms with Gasteiger partial charge in [0.1, 0.15) is 11.8 Å². The second kappa shape index (κ2) is 4.05. The van der Waals surface area contributed by atoms with Gasteiger partial charge >= 0.3 is 0 Å². The van der Waals surface area contributed by atoms with Crippen molar-refractivity contribution in [2.45, 2.75) is 18.8 Å². The van der Waals surface area contributed by atoms with Crippen molar-refractivity contribution >= 4 is 17.0 Å². The molecule has 2 atom stereocenters. The fourth-order valence-electron chi connectivity index (χ4n) is 2.09. The van der Waals surface area contributed by atoms with E-state index in [1.54, 1.807) is 0 Å². The van der Waals surface area contributed by atoms with Crippen LogP contribution in [0.3, 0.4) is 0 Å². The van der Waals surface area contributed by atoms with Crippen LogP contribution in [0.2, 0.25) is 0 Å². The van der Waals surface area contributed by atoms with Gasteiger partial charge in [0.05, 0.1) is 12.9 Å². The van der Waals surface area contributed by atoms with Crippen LogP contribution in [0.4, 0.5) is 5.82 Å². The summed E-state index contributed by atoms with van der Waals surface area (Å²) in [7, 11) is 0. The van der Waals surface area contributed by atoms with E-state index in [1.165, 1.54) is 24.1 Å². The van der Waals surface area contributed by atoms with E-state index in [0.717, 1.165) is 0 Å². The largest absolute Gasteiger partial charge is 0.506 e.